The second kappa shape index (κ2) is 7.63. The Morgan fingerprint density at radius 2 is 1.20 bits per heavy atom. The number of nitrogens with zero attached hydrogens (tertiary/aromatic N) is 1. The van der Waals surface area contributed by atoms with Gasteiger partial charge in [-0.25, -0.2) is 0 Å². The van der Waals surface area contributed by atoms with Gasteiger partial charge in [-0.15, -0.1) is 0 Å². The molecule has 1 fully saturated rings. The van der Waals surface area contributed by atoms with Crippen molar-refractivity contribution in [3.63, 3.8) is 0 Å². The normalized spacial score (nSPS) is 23.0. The van der Waals surface area contributed by atoms with Crippen molar-refractivity contribution >= 4 is 86.2 Å². The minimum absolute atomic E-state index is 0.548. The fourth-order valence-electron chi connectivity index (χ4n) is 11.7. The molecule has 0 radical (unpaired) electrons. The SMILES string of the molecule is COCCOCCOCC[N+]1(C)CC2c3cc4c5c6c([c+]c7ccc8cc9c%10c%11c(cc(c%12c3c5c(c%12%11)c3c6c7c8c%103)C2C1)C9)C4. The number of hydrogen-bond donors (Lipinski definition) is 0. The molecule has 4 nitrogen and oxygen atoms in total. The lowest BCUT2D eigenvalue weighted by Gasteiger charge is -2.30. The molecule has 9 aromatic carbocycles. The molecular weight excluding hydrogens is 566 g/mol. The molecule has 0 amide bonds. The van der Waals surface area contributed by atoms with Gasteiger partial charge in [0.1, 0.15) is 12.1 Å². The summed E-state index contributed by atoms with van der Waals surface area (Å²) >= 11 is 0. The quantitative estimate of drug-likeness (QED) is 0.0728. The largest absolute Gasteiger partial charge is 0.382 e. The summed E-state index contributed by atoms with van der Waals surface area (Å²) in [4.78, 5) is 0. The molecule has 0 N–H and O–H groups in total. The van der Waals surface area contributed by atoms with E-state index in [-0.39, 0.29) is 0 Å². The lowest BCUT2D eigenvalue weighted by atomic mass is 9.75. The summed E-state index contributed by atoms with van der Waals surface area (Å²) in [5.74, 6) is 1.10. The highest BCUT2D eigenvalue weighted by atomic mass is 16.5. The van der Waals surface area contributed by atoms with Crippen LogP contribution >= 0.6 is 0 Å². The van der Waals surface area contributed by atoms with Crippen LogP contribution in [-0.4, -0.2) is 71.3 Å². The average molecular weight is 600 g/mol. The maximum Gasteiger partial charge on any atom is 0.156 e. The highest BCUT2D eigenvalue weighted by molar-refractivity contribution is 6.58. The average Bonchev–Trinajstić information content (AvgIpc) is 3.85. The molecular formula is C42H33NO3+2. The van der Waals surface area contributed by atoms with Gasteiger partial charge < -0.3 is 18.7 Å². The molecule has 1 aliphatic heterocycles. The number of likely N-dealkylation sites (N-methyl/N-ethyl adjacent to an activating group) is 1. The predicted molar refractivity (Wildman–Crippen MR) is 187 cm³/mol. The fourth-order valence-corrected chi connectivity index (χ4v) is 11.7. The summed E-state index contributed by atoms with van der Waals surface area (Å²) in [6.07, 6.45) is 2.09. The number of quaternary nitrogens is 1. The Morgan fingerprint density at radius 3 is 1.93 bits per heavy atom. The van der Waals surface area contributed by atoms with Crippen LogP contribution in [0.5, 0.6) is 0 Å². The maximum atomic E-state index is 6.11. The van der Waals surface area contributed by atoms with E-state index < -0.39 is 0 Å². The van der Waals surface area contributed by atoms with E-state index in [9.17, 15) is 0 Å². The van der Waals surface area contributed by atoms with Crippen molar-refractivity contribution in [3.8, 4) is 0 Å². The van der Waals surface area contributed by atoms with E-state index in [1.807, 2.05) is 0 Å². The zero-order chi connectivity index (χ0) is 29.8. The van der Waals surface area contributed by atoms with Crippen molar-refractivity contribution in [1.82, 2.24) is 0 Å². The van der Waals surface area contributed by atoms with E-state index in [0.717, 1.165) is 30.5 Å². The van der Waals surface area contributed by atoms with Crippen molar-refractivity contribution in [3.05, 3.63) is 69.8 Å². The van der Waals surface area contributed by atoms with E-state index in [4.69, 9.17) is 14.2 Å². The van der Waals surface area contributed by atoms with Gasteiger partial charge in [0.2, 0.25) is 0 Å². The van der Waals surface area contributed by atoms with E-state index >= 15 is 0 Å². The molecule has 3 unspecified atom stereocenters. The second-order valence-corrected chi connectivity index (χ2v) is 15.5. The van der Waals surface area contributed by atoms with Crippen LogP contribution in [-0.2, 0) is 27.1 Å². The Morgan fingerprint density at radius 1 is 0.609 bits per heavy atom. The first-order valence-corrected chi connectivity index (χ1v) is 17.3. The Hall–Kier alpha value is -3.89. The minimum Gasteiger partial charge on any atom is -0.382 e. The van der Waals surface area contributed by atoms with E-state index in [1.54, 1.807) is 94.2 Å². The fraction of sp³-hybridized carbons (Fsp3) is 0.333. The van der Waals surface area contributed by atoms with Gasteiger partial charge in [-0.2, -0.15) is 0 Å². The number of benzene rings is 7. The van der Waals surface area contributed by atoms with Crippen LogP contribution in [0.2, 0.25) is 0 Å². The van der Waals surface area contributed by atoms with Crippen molar-refractivity contribution in [2.24, 2.45) is 0 Å². The van der Waals surface area contributed by atoms with Gasteiger partial charge in [-0.3, -0.25) is 0 Å². The molecule has 0 aromatic heterocycles. The predicted octanol–water partition coefficient (Wildman–Crippen LogP) is 8.03. The van der Waals surface area contributed by atoms with Gasteiger partial charge >= 0.3 is 0 Å². The highest BCUT2D eigenvalue weighted by Gasteiger charge is 2.50. The number of fused-ring (bicyclic) bond motifs is 3. The van der Waals surface area contributed by atoms with Crippen LogP contribution in [0.1, 0.15) is 45.2 Å². The van der Waals surface area contributed by atoms with Crippen LogP contribution in [0.15, 0.2) is 30.3 Å². The molecule has 4 aliphatic rings. The molecule has 1 saturated heterocycles. The third-order valence-corrected chi connectivity index (χ3v) is 13.2. The number of ether oxygens (including phenoxy) is 3. The molecule has 0 bridgehead atoms. The summed E-state index contributed by atoms with van der Waals surface area (Å²) in [6, 6.07) is 16.7. The Kier molecular flexibility index (Phi) is 4.03. The summed E-state index contributed by atoms with van der Waals surface area (Å²) in [6.45, 7) is 6.73. The third kappa shape index (κ3) is 2.45. The molecule has 222 valence electrons. The van der Waals surface area contributed by atoms with Crippen molar-refractivity contribution in [2.45, 2.75) is 24.7 Å². The van der Waals surface area contributed by atoms with Gasteiger partial charge in [0.25, 0.3) is 0 Å². The molecule has 4 heteroatoms. The molecule has 46 heavy (non-hydrogen) atoms. The Balaban J connectivity index is 1.05. The van der Waals surface area contributed by atoms with Crippen LogP contribution < -0.4 is 0 Å². The zero-order valence-corrected chi connectivity index (χ0v) is 26.3. The van der Waals surface area contributed by atoms with Crippen LogP contribution in [0.3, 0.4) is 0 Å². The molecule has 13 rings (SSSR count). The Bertz CT molecular complexity index is 2600. The van der Waals surface area contributed by atoms with Crippen LogP contribution in [0, 0.1) is 6.07 Å². The first-order valence-electron chi connectivity index (χ1n) is 17.3. The van der Waals surface area contributed by atoms with Crippen LogP contribution in [0.4, 0.5) is 0 Å². The first kappa shape index (κ1) is 24.3. The maximum absolute atomic E-state index is 6.11. The zero-order valence-electron chi connectivity index (χ0n) is 26.3. The third-order valence-electron chi connectivity index (χ3n) is 13.2. The molecule has 0 spiro atoms. The van der Waals surface area contributed by atoms with Crippen molar-refractivity contribution in [1.29, 1.82) is 0 Å². The highest BCUT2D eigenvalue weighted by Crippen LogP contribution is 2.65. The summed E-state index contributed by atoms with van der Waals surface area (Å²) in [5.41, 5.74) is 9.41. The van der Waals surface area contributed by atoms with E-state index in [2.05, 4.69) is 43.4 Å². The van der Waals surface area contributed by atoms with Gasteiger partial charge in [0, 0.05) is 75.2 Å². The minimum atomic E-state index is 0.548. The lowest BCUT2D eigenvalue weighted by molar-refractivity contribution is -0.899. The number of likely N-dealkylation sites (tertiary alicyclic amines) is 1. The van der Waals surface area contributed by atoms with Crippen LogP contribution in [0.25, 0.3) is 86.2 Å². The first-order chi connectivity index (χ1) is 22.6. The number of rotatable bonds is 9. The summed E-state index contributed by atoms with van der Waals surface area (Å²) < 4.78 is 17.9. The van der Waals surface area contributed by atoms with Gasteiger partial charge in [0.05, 0.1) is 69.3 Å². The molecule has 9 aromatic rings. The second-order valence-electron chi connectivity index (χ2n) is 15.5. The van der Waals surface area contributed by atoms with E-state index in [0.29, 0.717) is 38.3 Å². The van der Waals surface area contributed by atoms with Gasteiger partial charge in [0.15, 0.2) is 5.39 Å². The smallest absolute Gasteiger partial charge is 0.156 e. The lowest BCUT2D eigenvalue weighted by Crippen LogP contribution is -2.44. The van der Waals surface area contributed by atoms with Gasteiger partial charge in [-0.05, 0) is 73.3 Å². The van der Waals surface area contributed by atoms with Crippen molar-refractivity contribution in [2.75, 3.05) is 66.8 Å². The van der Waals surface area contributed by atoms with E-state index in [1.165, 1.54) is 45.6 Å². The molecule has 1 heterocycles. The number of hydrogen-bond acceptors (Lipinski definition) is 3. The summed E-state index contributed by atoms with van der Waals surface area (Å²) in [5, 5.41) is 24.8. The standard InChI is InChI=1S/C42H33NO3/c1-43(5-6-45-9-10-46-8-7-44-2)17-27-25-15-23-13-21-11-19-3-4-20-12-22-14-24-16-26(28(27)18-43)36-35(25)39-33(23)31(21)37-29(19)30(20)38-32(22)34(24)40(36)42(39)41(37)38/h3-4,11,15-16,27-28H,5-10,13-14,17-18H2,1-2H3/q+2. The van der Waals surface area contributed by atoms with Gasteiger partial charge in [-0.1, -0.05) is 12.1 Å². The molecule has 0 saturated carbocycles. The summed E-state index contributed by atoms with van der Waals surface area (Å²) in [7, 11) is 4.19. The number of methoxy groups -OCH3 is 1. The monoisotopic (exact) mass is 599 g/mol. The molecule has 3 atom stereocenters. The topological polar surface area (TPSA) is 27.7 Å². The van der Waals surface area contributed by atoms with Crippen molar-refractivity contribution < 1.29 is 18.7 Å². The molecule has 3 aliphatic carbocycles. The Labute approximate surface area is 265 Å².